The van der Waals surface area contributed by atoms with Gasteiger partial charge in [0.15, 0.2) is 0 Å². The zero-order chi connectivity index (χ0) is 15.4. The summed E-state index contributed by atoms with van der Waals surface area (Å²) in [7, 11) is 0. The van der Waals surface area contributed by atoms with E-state index < -0.39 is 0 Å². The van der Waals surface area contributed by atoms with Crippen LogP contribution < -0.4 is 5.32 Å². The molecule has 0 spiro atoms. The molecule has 1 heterocycles. The van der Waals surface area contributed by atoms with E-state index in [-0.39, 0.29) is 23.7 Å². The maximum absolute atomic E-state index is 13.3. The van der Waals surface area contributed by atoms with Crippen LogP contribution in [0, 0.1) is 17.6 Å². The summed E-state index contributed by atoms with van der Waals surface area (Å²) in [5, 5.41) is 3.47. The number of nitrogens with one attached hydrogen (secondary N) is 1. The lowest BCUT2D eigenvalue weighted by Crippen LogP contribution is -2.28. The van der Waals surface area contributed by atoms with E-state index in [9.17, 15) is 8.78 Å². The number of rotatable bonds is 5. The zero-order valence-electron chi connectivity index (χ0n) is 12.5. The Morgan fingerprint density at radius 3 is 2.14 bits per heavy atom. The summed E-state index contributed by atoms with van der Waals surface area (Å²) >= 11 is 0. The number of nitrogens with zero attached hydrogens (tertiary/aromatic N) is 1. The highest BCUT2D eigenvalue weighted by Crippen LogP contribution is 2.26. The summed E-state index contributed by atoms with van der Waals surface area (Å²) < 4.78 is 26.3. The van der Waals surface area contributed by atoms with Gasteiger partial charge < -0.3 is 5.32 Å². The van der Waals surface area contributed by atoms with Crippen LogP contribution in [0.3, 0.4) is 0 Å². The molecule has 1 aromatic carbocycles. The van der Waals surface area contributed by atoms with Crippen molar-refractivity contribution in [1.29, 1.82) is 0 Å². The third-order valence-electron chi connectivity index (χ3n) is 3.55. The topological polar surface area (TPSA) is 24.9 Å². The molecule has 2 aromatic rings. The molecular formula is C17H20F2N2. The van der Waals surface area contributed by atoms with Gasteiger partial charge in [-0.05, 0) is 42.2 Å². The molecule has 0 aliphatic carbocycles. The number of aromatic nitrogens is 1. The van der Waals surface area contributed by atoms with E-state index in [1.165, 1.54) is 24.4 Å². The number of benzene rings is 1. The second kappa shape index (κ2) is 6.76. The minimum absolute atomic E-state index is 0.0503. The number of hydrogen-bond donors (Lipinski definition) is 1. The lowest BCUT2D eigenvalue weighted by atomic mass is 9.94. The van der Waals surface area contributed by atoms with Gasteiger partial charge in [-0.25, -0.2) is 8.78 Å². The zero-order valence-corrected chi connectivity index (χ0v) is 12.5. The molecule has 2 atom stereocenters. The first-order chi connectivity index (χ1) is 9.97. The number of halogens is 2. The second-order valence-corrected chi connectivity index (χ2v) is 5.60. The quantitative estimate of drug-likeness (QED) is 0.882. The first-order valence-electron chi connectivity index (χ1n) is 7.09. The molecule has 2 nitrogen and oxygen atoms in total. The Bertz CT molecular complexity index is 582. The van der Waals surface area contributed by atoms with Gasteiger partial charge in [0.1, 0.15) is 11.6 Å². The lowest BCUT2D eigenvalue weighted by molar-refractivity contribution is 0.373. The first-order valence-corrected chi connectivity index (χ1v) is 7.09. The predicted molar refractivity (Wildman–Crippen MR) is 79.7 cm³/mol. The average molecular weight is 290 g/mol. The summed E-state index contributed by atoms with van der Waals surface area (Å²) in [6.07, 6.45) is 2.85. The van der Waals surface area contributed by atoms with E-state index >= 15 is 0 Å². The van der Waals surface area contributed by atoms with Gasteiger partial charge in [0, 0.05) is 18.3 Å². The molecule has 2 rings (SSSR count). The molecule has 0 saturated carbocycles. The molecular weight excluding hydrogens is 270 g/mol. The molecule has 4 heteroatoms. The van der Waals surface area contributed by atoms with Crippen LogP contribution in [0.2, 0.25) is 0 Å². The van der Waals surface area contributed by atoms with E-state index in [0.29, 0.717) is 5.92 Å². The summed E-state index contributed by atoms with van der Waals surface area (Å²) in [5.41, 5.74) is 1.81. The summed E-state index contributed by atoms with van der Waals surface area (Å²) in [5.74, 6) is -0.271. The van der Waals surface area contributed by atoms with Crippen LogP contribution in [0.15, 0.2) is 42.7 Å². The Morgan fingerprint density at radius 1 is 0.905 bits per heavy atom. The van der Waals surface area contributed by atoms with Crippen molar-refractivity contribution in [2.75, 3.05) is 0 Å². The van der Waals surface area contributed by atoms with Crippen molar-refractivity contribution < 1.29 is 8.78 Å². The van der Waals surface area contributed by atoms with Crippen molar-refractivity contribution in [3.63, 3.8) is 0 Å². The third-order valence-corrected chi connectivity index (χ3v) is 3.55. The highest BCUT2D eigenvalue weighted by atomic mass is 19.1. The first kappa shape index (κ1) is 15.6. The second-order valence-electron chi connectivity index (χ2n) is 5.60. The fourth-order valence-corrected chi connectivity index (χ4v) is 2.37. The van der Waals surface area contributed by atoms with Crippen molar-refractivity contribution in [1.82, 2.24) is 10.3 Å². The molecule has 21 heavy (non-hydrogen) atoms. The monoisotopic (exact) mass is 290 g/mol. The van der Waals surface area contributed by atoms with Crippen LogP contribution in [0.25, 0.3) is 0 Å². The number of pyridine rings is 1. The minimum Gasteiger partial charge on any atom is -0.303 e. The normalized spacial score (nSPS) is 14.2. The van der Waals surface area contributed by atoms with Gasteiger partial charge in [0.25, 0.3) is 0 Å². The lowest BCUT2D eigenvalue weighted by Gasteiger charge is -2.27. The Morgan fingerprint density at radius 2 is 1.57 bits per heavy atom. The summed E-state index contributed by atoms with van der Waals surface area (Å²) in [6, 6.07) is 7.97. The van der Waals surface area contributed by atoms with Gasteiger partial charge in [0.2, 0.25) is 0 Å². The minimum atomic E-state index is -0.343. The van der Waals surface area contributed by atoms with E-state index in [0.717, 1.165) is 11.1 Å². The van der Waals surface area contributed by atoms with E-state index in [4.69, 9.17) is 0 Å². The Hall–Kier alpha value is -1.81. The fourth-order valence-electron chi connectivity index (χ4n) is 2.37. The molecule has 0 radical (unpaired) electrons. The number of hydrogen-bond acceptors (Lipinski definition) is 2. The smallest absolute Gasteiger partial charge is 0.141 e. The van der Waals surface area contributed by atoms with E-state index in [1.54, 1.807) is 18.3 Å². The standard InChI is InChI=1S/C17H20F2N2/c1-11(2)17(13-4-6-15(18)7-5-13)21-12(3)14-8-16(19)10-20-9-14/h4-12,17,21H,1-3H3. The predicted octanol–water partition coefficient (Wildman–Crippen LogP) is 4.41. The maximum Gasteiger partial charge on any atom is 0.141 e. The van der Waals surface area contributed by atoms with Gasteiger partial charge in [-0.1, -0.05) is 26.0 Å². The molecule has 0 fully saturated rings. The van der Waals surface area contributed by atoms with Crippen molar-refractivity contribution >= 4 is 0 Å². The van der Waals surface area contributed by atoms with Crippen LogP contribution in [0.5, 0.6) is 0 Å². The molecule has 1 N–H and O–H groups in total. The van der Waals surface area contributed by atoms with Gasteiger partial charge >= 0.3 is 0 Å². The van der Waals surface area contributed by atoms with Crippen LogP contribution >= 0.6 is 0 Å². The molecule has 0 bridgehead atoms. The summed E-state index contributed by atoms with van der Waals surface area (Å²) in [6.45, 7) is 6.16. The van der Waals surface area contributed by atoms with Crippen molar-refractivity contribution in [2.45, 2.75) is 32.9 Å². The van der Waals surface area contributed by atoms with Gasteiger partial charge in [0.05, 0.1) is 6.20 Å². The van der Waals surface area contributed by atoms with Crippen molar-refractivity contribution in [3.05, 3.63) is 65.5 Å². The average Bonchev–Trinajstić information content (AvgIpc) is 2.45. The largest absolute Gasteiger partial charge is 0.303 e. The summed E-state index contributed by atoms with van der Waals surface area (Å²) in [4.78, 5) is 3.88. The van der Waals surface area contributed by atoms with Gasteiger partial charge in [-0.15, -0.1) is 0 Å². The Labute approximate surface area is 124 Å². The highest BCUT2D eigenvalue weighted by molar-refractivity contribution is 5.22. The van der Waals surface area contributed by atoms with Crippen LogP contribution in [0.4, 0.5) is 8.78 Å². The van der Waals surface area contributed by atoms with Crippen LogP contribution in [-0.2, 0) is 0 Å². The van der Waals surface area contributed by atoms with Gasteiger partial charge in [-0.2, -0.15) is 0 Å². The highest BCUT2D eigenvalue weighted by Gasteiger charge is 2.19. The van der Waals surface area contributed by atoms with E-state index in [2.05, 4.69) is 24.1 Å². The molecule has 0 amide bonds. The SMILES string of the molecule is CC(NC(c1ccc(F)cc1)C(C)C)c1cncc(F)c1. The Balaban J connectivity index is 2.18. The van der Waals surface area contributed by atoms with Crippen LogP contribution in [-0.4, -0.2) is 4.98 Å². The third kappa shape index (κ3) is 4.08. The molecule has 1 aromatic heterocycles. The molecule has 0 aliphatic heterocycles. The molecule has 0 saturated heterocycles. The van der Waals surface area contributed by atoms with Crippen molar-refractivity contribution in [2.24, 2.45) is 5.92 Å². The maximum atomic E-state index is 13.3. The van der Waals surface area contributed by atoms with Crippen molar-refractivity contribution in [3.8, 4) is 0 Å². The van der Waals surface area contributed by atoms with E-state index in [1.807, 2.05) is 6.92 Å². The van der Waals surface area contributed by atoms with Gasteiger partial charge in [-0.3, -0.25) is 4.98 Å². The molecule has 0 aliphatic rings. The Kier molecular flexibility index (Phi) is 5.02. The fraction of sp³-hybridized carbons (Fsp3) is 0.353. The molecule has 2 unspecified atom stereocenters. The molecule has 112 valence electrons. The van der Waals surface area contributed by atoms with Crippen LogP contribution in [0.1, 0.15) is 44.0 Å².